The molecule has 30 heavy (non-hydrogen) atoms. The summed E-state index contributed by atoms with van der Waals surface area (Å²) < 4.78 is 2.23. The highest BCUT2D eigenvalue weighted by Gasteiger charge is 2.33. The molecule has 2 aliphatic heterocycles. The summed E-state index contributed by atoms with van der Waals surface area (Å²) in [4.78, 5) is 25.3. The Labute approximate surface area is 175 Å². The summed E-state index contributed by atoms with van der Waals surface area (Å²) in [6.45, 7) is 2.97. The first-order valence-corrected chi connectivity index (χ1v) is 10.4. The van der Waals surface area contributed by atoms with E-state index in [0.717, 1.165) is 41.8 Å². The number of fused-ring (bicyclic) bond motifs is 1. The lowest BCUT2D eigenvalue weighted by Gasteiger charge is -2.23. The normalized spacial score (nSPS) is 19.4. The second-order valence-corrected chi connectivity index (χ2v) is 7.95. The van der Waals surface area contributed by atoms with Crippen LogP contribution in [0.4, 0.5) is 5.69 Å². The van der Waals surface area contributed by atoms with E-state index in [1.54, 1.807) is 0 Å². The van der Waals surface area contributed by atoms with Gasteiger partial charge in [-0.15, -0.1) is 0 Å². The summed E-state index contributed by atoms with van der Waals surface area (Å²) in [6, 6.07) is 17.5. The van der Waals surface area contributed by atoms with Crippen LogP contribution in [-0.2, 0) is 16.1 Å². The van der Waals surface area contributed by atoms with E-state index in [2.05, 4.69) is 26.6 Å². The topological polar surface area (TPSA) is 75.2 Å². The Morgan fingerprint density at radius 1 is 1.00 bits per heavy atom. The van der Waals surface area contributed by atoms with Crippen molar-refractivity contribution in [3.05, 3.63) is 72.1 Å². The van der Waals surface area contributed by atoms with Crippen LogP contribution in [0, 0.1) is 5.92 Å². The molecule has 0 bridgehead atoms. The van der Waals surface area contributed by atoms with Gasteiger partial charge < -0.3 is 15.2 Å². The zero-order chi connectivity index (χ0) is 20.5. The van der Waals surface area contributed by atoms with Crippen LogP contribution in [0.15, 0.2) is 66.5 Å². The van der Waals surface area contributed by atoms with Gasteiger partial charge in [0.15, 0.2) is 0 Å². The van der Waals surface area contributed by atoms with Crippen molar-refractivity contribution in [3.8, 4) is 0 Å². The number of anilines is 1. The number of benzene rings is 2. The Morgan fingerprint density at radius 2 is 1.80 bits per heavy atom. The average Bonchev–Trinajstić information content (AvgIpc) is 3.26. The maximum Gasteiger partial charge on any atom is 0.275 e. The fourth-order valence-electron chi connectivity index (χ4n) is 4.45. The highest BCUT2D eigenvalue weighted by molar-refractivity contribution is 6.38. The summed E-state index contributed by atoms with van der Waals surface area (Å²) in [7, 11) is 0. The molecule has 152 valence electrons. The van der Waals surface area contributed by atoms with Gasteiger partial charge in [0.25, 0.3) is 11.8 Å². The van der Waals surface area contributed by atoms with E-state index in [0.29, 0.717) is 17.2 Å². The fourth-order valence-corrected chi connectivity index (χ4v) is 4.45. The molecule has 2 aliphatic rings. The van der Waals surface area contributed by atoms with E-state index in [1.165, 1.54) is 12.8 Å². The molecule has 6 nitrogen and oxygen atoms in total. The van der Waals surface area contributed by atoms with E-state index < -0.39 is 5.91 Å². The van der Waals surface area contributed by atoms with Crippen LogP contribution in [0.2, 0.25) is 0 Å². The monoisotopic (exact) mass is 400 g/mol. The van der Waals surface area contributed by atoms with E-state index in [9.17, 15) is 9.59 Å². The first-order chi connectivity index (χ1) is 14.7. The summed E-state index contributed by atoms with van der Waals surface area (Å²) in [5, 5.41) is 10.1. The standard InChI is InChI=1S/C24H24N4O2/c29-23-21(22(24(30)27-23)26-17-8-2-1-3-9-17)19-15-28(14-16-7-6-12-25-13-16)20-11-5-4-10-18(19)20/h1-5,8-11,15-16,25H,6-7,12-14H2,(H2,26,27,29,30). The Kier molecular flexibility index (Phi) is 4.85. The SMILES string of the molecule is O=C1NC(=O)C(c2cn(CC3CCCNC3)c3ccccc23)=C1Nc1ccccc1. The number of rotatable bonds is 5. The van der Waals surface area contributed by atoms with E-state index in [1.807, 2.05) is 54.7 Å². The van der Waals surface area contributed by atoms with Crippen molar-refractivity contribution in [1.29, 1.82) is 0 Å². The molecule has 1 fully saturated rings. The van der Waals surface area contributed by atoms with Gasteiger partial charge in [0.1, 0.15) is 5.70 Å². The van der Waals surface area contributed by atoms with Crippen molar-refractivity contribution >= 4 is 34.0 Å². The van der Waals surface area contributed by atoms with Crippen molar-refractivity contribution in [2.75, 3.05) is 18.4 Å². The minimum atomic E-state index is -0.396. The first-order valence-electron chi connectivity index (χ1n) is 10.4. The van der Waals surface area contributed by atoms with Gasteiger partial charge in [-0.2, -0.15) is 0 Å². The number of carbonyl (C=O) groups is 2. The van der Waals surface area contributed by atoms with Crippen molar-refractivity contribution in [1.82, 2.24) is 15.2 Å². The quantitative estimate of drug-likeness (QED) is 0.576. The third-order valence-electron chi connectivity index (χ3n) is 5.89. The van der Waals surface area contributed by atoms with Gasteiger partial charge in [0.05, 0.1) is 5.57 Å². The lowest BCUT2D eigenvalue weighted by molar-refractivity contribution is -0.123. The number of hydrogen-bond donors (Lipinski definition) is 3. The molecule has 0 aliphatic carbocycles. The smallest absolute Gasteiger partial charge is 0.275 e. The zero-order valence-electron chi connectivity index (χ0n) is 16.7. The van der Waals surface area contributed by atoms with Crippen LogP contribution in [-0.4, -0.2) is 29.5 Å². The van der Waals surface area contributed by atoms with Crippen molar-refractivity contribution < 1.29 is 9.59 Å². The van der Waals surface area contributed by atoms with Crippen LogP contribution in [0.3, 0.4) is 0 Å². The first kappa shape index (κ1) is 18.6. The van der Waals surface area contributed by atoms with Gasteiger partial charge in [-0.25, -0.2) is 0 Å². The lowest BCUT2D eigenvalue weighted by atomic mass is 10.00. The number of nitrogens with one attached hydrogen (secondary N) is 3. The highest BCUT2D eigenvalue weighted by Crippen LogP contribution is 2.33. The van der Waals surface area contributed by atoms with Gasteiger partial charge in [0, 0.05) is 34.9 Å². The second kappa shape index (κ2) is 7.80. The average molecular weight is 400 g/mol. The third-order valence-corrected chi connectivity index (χ3v) is 5.89. The predicted molar refractivity (Wildman–Crippen MR) is 118 cm³/mol. The molecule has 3 aromatic rings. The minimum Gasteiger partial charge on any atom is -0.350 e. The number of hydrogen-bond acceptors (Lipinski definition) is 4. The number of amides is 2. The molecule has 3 heterocycles. The van der Waals surface area contributed by atoms with Crippen LogP contribution in [0.25, 0.3) is 16.5 Å². The predicted octanol–water partition coefficient (Wildman–Crippen LogP) is 3.12. The number of aromatic nitrogens is 1. The van der Waals surface area contributed by atoms with E-state index in [-0.39, 0.29) is 5.91 Å². The van der Waals surface area contributed by atoms with Crippen molar-refractivity contribution in [2.45, 2.75) is 19.4 Å². The van der Waals surface area contributed by atoms with Gasteiger partial charge in [-0.3, -0.25) is 14.9 Å². The maximum atomic E-state index is 12.8. The molecule has 1 unspecified atom stereocenters. The molecule has 0 saturated carbocycles. The number of para-hydroxylation sites is 2. The number of piperidine rings is 1. The maximum absolute atomic E-state index is 12.8. The molecule has 5 rings (SSSR count). The second-order valence-electron chi connectivity index (χ2n) is 7.95. The summed E-state index contributed by atoms with van der Waals surface area (Å²) in [5.41, 5.74) is 3.34. The molecule has 2 amide bonds. The Morgan fingerprint density at radius 3 is 2.60 bits per heavy atom. The minimum absolute atomic E-state index is 0.299. The molecule has 2 aromatic carbocycles. The number of carbonyl (C=O) groups excluding carboxylic acids is 2. The lowest BCUT2D eigenvalue weighted by Crippen LogP contribution is -2.32. The van der Waals surface area contributed by atoms with Crippen molar-refractivity contribution in [3.63, 3.8) is 0 Å². The largest absolute Gasteiger partial charge is 0.350 e. The third kappa shape index (κ3) is 3.39. The van der Waals surface area contributed by atoms with Crippen LogP contribution in [0.5, 0.6) is 0 Å². The molecule has 6 heteroatoms. The van der Waals surface area contributed by atoms with Crippen molar-refractivity contribution in [2.24, 2.45) is 5.92 Å². The van der Waals surface area contributed by atoms with E-state index >= 15 is 0 Å². The summed E-state index contributed by atoms with van der Waals surface area (Å²) in [5.74, 6) is -0.204. The van der Waals surface area contributed by atoms with E-state index in [4.69, 9.17) is 0 Å². The molecule has 1 aromatic heterocycles. The molecule has 0 radical (unpaired) electrons. The van der Waals surface area contributed by atoms with Gasteiger partial charge >= 0.3 is 0 Å². The summed E-state index contributed by atoms with van der Waals surface area (Å²) in [6.07, 6.45) is 4.40. The van der Waals surface area contributed by atoms with Gasteiger partial charge in [0.2, 0.25) is 0 Å². The molecular formula is C24H24N4O2. The number of nitrogens with zero attached hydrogens (tertiary/aromatic N) is 1. The van der Waals surface area contributed by atoms with Crippen LogP contribution in [0.1, 0.15) is 18.4 Å². The Balaban J connectivity index is 1.60. The highest BCUT2D eigenvalue weighted by atomic mass is 16.2. The molecule has 3 N–H and O–H groups in total. The van der Waals surface area contributed by atoms with Crippen LogP contribution < -0.4 is 16.0 Å². The summed E-state index contributed by atoms with van der Waals surface area (Å²) >= 11 is 0. The van der Waals surface area contributed by atoms with Crippen LogP contribution >= 0.6 is 0 Å². The van der Waals surface area contributed by atoms with Gasteiger partial charge in [-0.05, 0) is 50.0 Å². The molecule has 0 spiro atoms. The molecular weight excluding hydrogens is 376 g/mol. The zero-order valence-corrected chi connectivity index (χ0v) is 16.7. The number of imide groups is 1. The molecule has 1 atom stereocenters. The Hall–Kier alpha value is -3.38. The Bertz CT molecular complexity index is 1140. The fraction of sp³-hybridized carbons (Fsp3) is 0.250. The molecule has 1 saturated heterocycles. The van der Waals surface area contributed by atoms with Gasteiger partial charge in [-0.1, -0.05) is 36.4 Å².